The minimum absolute atomic E-state index is 0.0967. The fraction of sp³-hybridized carbons (Fsp3) is 0.211. The normalized spacial score (nSPS) is 11.1. The van der Waals surface area contributed by atoms with E-state index in [1.54, 1.807) is 13.0 Å². The van der Waals surface area contributed by atoms with Crippen LogP contribution in [0.1, 0.15) is 27.5 Å². The number of amides is 1. The van der Waals surface area contributed by atoms with Crippen LogP contribution in [0.4, 0.5) is 23.7 Å². The third-order valence-corrected chi connectivity index (χ3v) is 3.98. The predicted octanol–water partition coefficient (Wildman–Crippen LogP) is 3.99. The number of pyridine rings is 1. The molecular formula is C19H15F3N4O5. The van der Waals surface area contributed by atoms with E-state index in [1.807, 2.05) is 0 Å². The van der Waals surface area contributed by atoms with Gasteiger partial charge in [0.2, 0.25) is 5.82 Å². The first-order valence-corrected chi connectivity index (χ1v) is 8.66. The number of aryl methyl sites for hydroxylation is 1. The van der Waals surface area contributed by atoms with Crippen LogP contribution in [0.25, 0.3) is 11.4 Å². The molecule has 0 aliphatic rings. The SMILES string of the molecule is COC(=O)c1ccc(COC(=O)Nc2ccc(-c3noc(C(F)(F)F)n3)cc2C)cn1. The number of nitrogens with zero attached hydrogens (tertiary/aromatic N) is 3. The van der Waals surface area contributed by atoms with E-state index in [0.29, 0.717) is 16.8 Å². The Morgan fingerprint density at radius 2 is 1.97 bits per heavy atom. The molecule has 1 amide bonds. The van der Waals surface area contributed by atoms with Gasteiger partial charge in [-0.2, -0.15) is 18.2 Å². The average Bonchev–Trinajstić information content (AvgIpc) is 3.24. The summed E-state index contributed by atoms with van der Waals surface area (Å²) >= 11 is 0. The molecule has 1 N–H and O–H groups in total. The van der Waals surface area contributed by atoms with Gasteiger partial charge >= 0.3 is 24.1 Å². The summed E-state index contributed by atoms with van der Waals surface area (Å²) in [6, 6.07) is 7.40. The van der Waals surface area contributed by atoms with E-state index in [-0.39, 0.29) is 23.7 Å². The summed E-state index contributed by atoms with van der Waals surface area (Å²) in [5.74, 6) is -2.26. The van der Waals surface area contributed by atoms with Gasteiger partial charge in [-0.05, 0) is 36.8 Å². The Labute approximate surface area is 173 Å². The standard InChI is InChI=1S/C19H15F3N4O5/c1-10-7-12(15-25-17(31-26-15)19(20,21)22)4-6-13(10)24-18(28)30-9-11-3-5-14(23-8-11)16(27)29-2/h3-8H,9H2,1-2H3,(H,24,28). The Kier molecular flexibility index (Phi) is 6.18. The Bertz CT molecular complexity index is 1100. The van der Waals surface area contributed by atoms with Crippen LogP contribution >= 0.6 is 0 Å². The van der Waals surface area contributed by atoms with Gasteiger partial charge in [-0.1, -0.05) is 11.2 Å². The number of rotatable bonds is 5. The van der Waals surface area contributed by atoms with Crippen molar-refractivity contribution in [1.29, 1.82) is 0 Å². The molecule has 1 aromatic carbocycles. The number of halogens is 3. The van der Waals surface area contributed by atoms with E-state index in [9.17, 15) is 22.8 Å². The van der Waals surface area contributed by atoms with E-state index in [2.05, 4.69) is 29.7 Å². The first-order valence-electron chi connectivity index (χ1n) is 8.66. The molecule has 0 aliphatic carbocycles. The van der Waals surface area contributed by atoms with Gasteiger partial charge < -0.3 is 14.0 Å². The highest BCUT2D eigenvalue weighted by Crippen LogP contribution is 2.30. The lowest BCUT2D eigenvalue weighted by atomic mass is 10.1. The molecule has 3 aromatic rings. The van der Waals surface area contributed by atoms with Gasteiger partial charge in [0.05, 0.1) is 7.11 Å². The van der Waals surface area contributed by atoms with Crippen molar-refractivity contribution >= 4 is 17.7 Å². The monoisotopic (exact) mass is 436 g/mol. The van der Waals surface area contributed by atoms with Crippen molar-refractivity contribution in [1.82, 2.24) is 15.1 Å². The Morgan fingerprint density at radius 3 is 2.55 bits per heavy atom. The number of ether oxygens (including phenoxy) is 2. The lowest BCUT2D eigenvalue weighted by molar-refractivity contribution is -0.159. The summed E-state index contributed by atoms with van der Waals surface area (Å²) in [5, 5.41) is 5.84. The quantitative estimate of drug-likeness (QED) is 0.597. The number of carbonyl (C=O) groups excluding carboxylic acids is 2. The lowest BCUT2D eigenvalue weighted by Crippen LogP contribution is -2.14. The molecule has 0 unspecified atom stereocenters. The summed E-state index contributed by atoms with van der Waals surface area (Å²) in [6.07, 6.45) is -4.12. The number of benzene rings is 1. The topological polar surface area (TPSA) is 116 Å². The number of alkyl halides is 3. The molecule has 0 bridgehead atoms. The van der Waals surface area contributed by atoms with Crippen LogP contribution in [0, 0.1) is 6.92 Å². The maximum atomic E-state index is 12.6. The van der Waals surface area contributed by atoms with E-state index in [0.717, 1.165) is 0 Å². The number of carbonyl (C=O) groups is 2. The molecule has 0 fully saturated rings. The number of esters is 1. The number of aromatic nitrogens is 3. The fourth-order valence-electron chi connectivity index (χ4n) is 2.43. The third-order valence-electron chi connectivity index (χ3n) is 3.98. The van der Waals surface area contributed by atoms with Crippen LogP contribution in [-0.2, 0) is 22.3 Å². The van der Waals surface area contributed by atoms with E-state index in [1.165, 1.54) is 37.6 Å². The molecule has 2 heterocycles. The molecule has 9 nitrogen and oxygen atoms in total. The second-order valence-electron chi connectivity index (χ2n) is 6.19. The summed E-state index contributed by atoms with van der Waals surface area (Å²) < 4.78 is 51.6. The smallest absolute Gasteiger partial charge is 0.464 e. The van der Waals surface area contributed by atoms with Crippen LogP contribution in [0.2, 0.25) is 0 Å². The minimum Gasteiger partial charge on any atom is -0.464 e. The molecule has 31 heavy (non-hydrogen) atoms. The Morgan fingerprint density at radius 1 is 1.19 bits per heavy atom. The van der Waals surface area contributed by atoms with Gasteiger partial charge in [0.25, 0.3) is 0 Å². The molecule has 0 radical (unpaired) electrons. The second kappa shape index (κ2) is 8.81. The molecule has 3 rings (SSSR count). The molecule has 0 atom stereocenters. The first kappa shape index (κ1) is 21.7. The molecule has 0 spiro atoms. The maximum absolute atomic E-state index is 12.6. The average molecular weight is 436 g/mol. The van der Waals surface area contributed by atoms with Gasteiger partial charge in [-0.15, -0.1) is 0 Å². The fourth-order valence-corrected chi connectivity index (χ4v) is 2.43. The van der Waals surface area contributed by atoms with Crippen molar-refractivity contribution < 1.29 is 36.8 Å². The maximum Gasteiger partial charge on any atom is 0.471 e. The van der Waals surface area contributed by atoms with Crippen LogP contribution in [-0.4, -0.2) is 34.3 Å². The second-order valence-corrected chi connectivity index (χ2v) is 6.19. The van der Waals surface area contributed by atoms with Crippen molar-refractivity contribution in [3.8, 4) is 11.4 Å². The molecular weight excluding hydrogens is 421 g/mol. The van der Waals surface area contributed by atoms with Gasteiger partial charge in [-0.25, -0.2) is 14.6 Å². The van der Waals surface area contributed by atoms with Gasteiger partial charge in [-0.3, -0.25) is 5.32 Å². The van der Waals surface area contributed by atoms with E-state index in [4.69, 9.17) is 4.74 Å². The van der Waals surface area contributed by atoms with Gasteiger partial charge in [0.1, 0.15) is 12.3 Å². The zero-order chi connectivity index (χ0) is 22.6. The van der Waals surface area contributed by atoms with Gasteiger partial charge in [0, 0.05) is 23.0 Å². The number of methoxy groups -OCH3 is 1. The predicted molar refractivity (Wildman–Crippen MR) is 98.9 cm³/mol. The summed E-state index contributed by atoms with van der Waals surface area (Å²) in [4.78, 5) is 30.6. The molecule has 162 valence electrons. The van der Waals surface area contributed by atoms with Crippen molar-refractivity contribution in [3.63, 3.8) is 0 Å². The number of nitrogens with one attached hydrogen (secondary N) is 1. The zero-order valence-corrected chi connectivity index (χ0v) is 16.2. The summed E-state index contributed by atoms with van der Waals surface area (Å²) in [6.45, 7) is 1.54. The highest BCUT2D eigenvalue weighted by molar-refractivity contribution is 5.87. The van der Waals surface area contributed by atoms with Crippen molar-refractivity contribution in [2.24, 2.45) is 0 Å². The van der Waals surface area contributed by atoms with Crippen LogP contribution in [0.5, 0.6) is 0 Å². The summed E-state index contributed by atoms with van der Waals surface area (Å²) in [7, 11) is 1.24. The number of hydrogen-bond acceptors (Lipinski definition) is 8. The highest BCUT2D eigenvalue weighted by Gasteiger charge is 2.38. The molecule has 0 saturated heterocycles. The van der Waals surface area contributed by atoms with Gasteiger partial charge in [0.15, 0.2) is 0 Å². The molecule has 0 aliphatic heterocycles. The minimum atomic E-state index is -4.74. The highest BCUT2D eigenvalue weighted by atomic mass is 19.4. The lowest BCUT2D eigenvalue weighted by Gasteiger charge is -2.10. The molecule has 2 aromatic heterocycles. The number of hydrogen-bond donors (Lipinski definition) is 1. The molecule has 12 heteroatoms. The van der Waals surface area contributed by atoms with E-state index >= 15 is 0 Å². The first-order chi connectivity index (χ1) is 14.7. The van der Waals surface area contributed by atoms with Crippen LogP contribution in [0.3, 0.4) is 0 Å². The largest absolute Gasteiger partial charge is 0.471 e. The van der Waals surface area contributed by atoms with Crippen LogP contribution < -0.4 is 5.32 Å². The van der Waals surface area contributed by atoms with Crippen molar-refractivity contribution in [3.05, 3.63) is 59.2 Å². The van der Waals surface area contributed by atoms with Crippen molar-refractivity contribution in [2.75, 3.05) is 12.4 Å². The zero-order valence-electron chi connectivity index (χ0n) is 16.2. The van der Waals surface area contributed by atoms with Crippen molar-refractivity contribution in [2.45, 2.75) is 19.7 Å². The summed E-state index contributed by atoms with van der Waals surface area (Å²) in [5.41, 5.74) is 1.87. The third kappa shape index (κ3) is 5.35. The van der Waals surface area contributed by atoms with E-state index < -0.39 is 24.1 Å². The Balaban J connectivity index is 1.60. The Hall–Kier alpha value is -3.96. The number of anilines is 1. The molecule has 0 saturated carbocycles. The van der Waals surface area contributed by atoms with Crippen LogP contribution in [0.15, 0.2) is 41.1 Å².